The lowest BCUT2D eigenvalue weighted by Crippen LogP contribution is -2.53. The maximum Gasteiger partial charge on any atom is 0.222 e. The lowest BCUT2D eigenvalue weighted by molar-refractivity contribution is 0.00432. The first kappa shape index (κ1) is 20.8. The number of aromatic nitrogens is 4. The summed E-state index contributed by atoms with van der Waals surface area (Å²) in [5, 5.41) is 5.19. The van der Waals surface area contributed by atoms with Gasteiger partial charge in [-0.1, -0.05) is 0 Å². The van der Waals surface area contributed by atoms with Gasteiger partial charge < -0.3 is 16.2 Å². The molecule has 30 heavy (non-hydrogen) atoms. The van der Waals surface area contributed by atoms with Gasteiger partial charge in [0.1, 0.15) is 5.69 Å². The minimum Gasteiger partial charge on any atom is -0.490 e. The van der Waals surface area contributed by atoms with Crippen LogP contribution in [0.5, 0.6) is 5.75 Å². The molecule has 0 aliphatic heterocycles. The zero-order valence-electron chi connectivity index (χ0n) is 16.9. The van der Waals surface area contributed by atoms with Crippen molar-refractivity contribution in [3.8, 4) is 17.0 Å². The quantitative estimate of drug-likeness (QED) is 0.652. The molecule has 2 bridgehead atoms. The van der Waals surface area contributed by atoms with E-state index < -0.39 is 5.82 Å². The monoisotopic (exact) mass is 432 g/mol. The van der Waals surface area contributed by atoms with Crippen molar-refractivity contribution in [1.82, 2.24) is 19.7 Å². The molecule has 0 atom stereocenters. The summed E-state index contributed by atoms with van der Waals surface area (Å²) in [5.74, 6) is 0.0616. The molecule has 160 valence electrons. The molecule has 0 unspecified atom stereocenters. The molecule has 0 amide bonds. The van der Waals surface area contributed by atoms with Crippen molar-refractivity contribution in [2.45, 2.75) is 44.1 Å². The second-order valence-corrected chi connectivity index (χ2v) is 8.73. The Hall–Kier alpha value is -2.45. The molecule has 2 aromatic heterocycles. The van der Waals surface area contributed by atoms with Crippen LogP contribution in [-0.4, -0.2) is 31.9 Å². The molecule has 9 heteroatoms. The standard InChI is InChI=1S/C21H25FN6O.ClH/c1-28-18-14(11-25-19(23)26-18)17(27-28)13-2-3-16(15(22)10-13)29-12-20-4-7-21(24,8-5-20)9-6-20;/h2-3,10-11H,4-9,12,24H2,1H3,(H2,23,25,26);1H. The van der Waals surface area contributed by atoms with Crippen molar-refractivity contribution < 1.29 is 9.13 Å². The molecule has 7 nitrogen and oxygen atoms in total. The molecule has 2 heterocycles. The van der Waals surface area contributed by atoms with Gasteiger partial charge in [0.25, 0.3) is 0 Å². The number of nitrogens with two attached hydrogens (primary N) is 2. The fourth-order valence-electron chi connectivity index (χ4n) is 4.77. The number of rotatable bonds is 4. The zero-order valence-corrected chi connectivity index (χ0v) is 17.7. The van der Waals surface area contributed by atoms with E-state index in [2.05, 4.69) is 15.1 Å². The van der Waals surface area contributed by atoms with Crippen LogP contribution >= 0.6 is 12.4 Å². The van der Waals surface area contributed by atoms with Crippen LogP contribution in [0.15, 0.2) is 24.4 Å². The van der Waals surface area contributed by atoms with Gasteiger partial charge in [0.2, 0.25) is 5.95 Å². The Bertz CT molecular complexity index is 1080. The highest BCUT2D eigenvalue weighted by Crippen LogP contribution is 2.51. The summed E-state index contributed by atoms with van der Waals surface area (Å²) in [5.41, 5.74) is 14.1. The Morgan fingerprint density at radius 1 is 1.17 bits per heavy atom. The van der Waals surface area contributed by atoms with Crippen LogP contribution in [0.2, 0.25) is 0 Å². The zero-order chi connectivity index (χ0) is 20.2. The predicted octanol–water partition coefficient (Wildman–Crippen LogP) is 3.60. The van der Waals surface area contributed by atoms with Crippen LogP contribution in [0.4, 0.5) is 10.3 Å². The summed E-state index contributed by atoms with van der Waals surface area (Å²) in [6, 6.07) is 4.96. The number of benzene rings is 1. The summed E-state index contributed by atoms with van der Waals surface area (Å²) < 4.78 is 22.4. The lowest BCUT2D eigenvalue weighted by Gasteiger charge is -2.51. The summed E-state index contributed by atoms with van der Waals surface area (Å²) in [6.45, 7) is 0.541. The van der Waals surface area contributed by atoms with Gasteiger partial charge in [-0.2, -0.15) is 10.1 Å². The minimum absolute atomic E-state index is 0. The Morgan fingerprint density at radius 2 is 1.87 bits per heavy atom. The third-order valence-corrected chi connectivity index (χ3v) is 6.80. The normalized spacial score (nSPS) is 25.3. The molecule has 3 saturated carbocycles. The third kappa shape index (κ3) is 3.48. The van der Waals surface area contributed by atoms with Gasteiger partial charge >= 0.3 is 0 Å². The number of fused-ring (bicyclic) bond motifs is 4. The van der Waals surface area contributed by atoms with Gasteiger partial charge in [-0.3, -0.25) is 0 Å². The van der Waals surface area contributed by atoms with Crippen molar-refractivity contribution in [3.05, 3.63) is 30.2 Å². The van der Waals surface area contributed by atoms with Gasteiger partial charge in [-0.25, -0.2) is 14.1 Å². The molecule has 0 radical (unpaired) electrons. The van der Waals surface area contributed by atoms with E-state index in [0.29, 0.717) is 23.5 Å². The number of hydrogen-bond donors (Lipinski definition) is 2. The van der Waals surface area contributed by atoms with Crippen molar-refractivity contribution in [2.75, 3.05) is 12.3 Å². The molecular formula is C21H26ClFN6O. The van der Waals surface area contributed by atoms with E-state index in [-0.39, 0.29) is 35.1 Å². The molecule has 3 aromatic rings. The van der Waals surface area contributed by atoms with Gasteiger partial charge in [-0.05, 0) is 56.7 Å². The Morgan fingerprint density at radius 3 is 2.53 bits per heavy atom. The lowest BCUT2D eigenvalue weighted by atomic mass is 9.58. The average Bonchev–Trinajstić information content (AvgIpc) is 3.04. The van der Waals surface area contributed by atoms with Crippen molar-refractivity contribution in [2.24, 2.45) is 18.2 Å². The number of hydrogen-bond acceptors (Lipinski definition) is 6. The smallest absolute Gasteiger partial charge is 0.222 e. The number of ether oxygens (including phenoxy) is 1. The first-order chi connectivity index (χ1) is 13.9. The highest BCUT2D eigenvalue weighted by Gasteiger charge is 2.47. The Balaban J connectivity index is 0.00000218. The molecule has 0 spiro atoms. The predicted molar refractivity (Wildman–Crippen MR) is 116 cm³/mol. The summed E-state index contributed by atoms with van der Waals surface area (Å²) >= 11 is 0. The molecule has 4 N–H and O–H groups in total. The van der Waals surface area contributed by atoms with Crippen LogP contribution in [-0.2, 0) is 7.05 Å². The van der Waals surface area contributed by atoms with E-state index in [1.807, 2.05) is 6.07 Å². The molecule has 3 aliphatic rings. The van der Waals surface area contributed by atoms with Crippen molar-refractivity contribution in [1.29, 1.82) is 0 Å². The minimum atomic E-state index is -0.395. The van der Waals surface area contributed by atoms with Crippen molar-refractivity contribution >= 4 is 29.4 Å². The second kappa shape index (κ2) is 7.35. The summed E-state index contributed by atoms with van der Waals surface area (Å²) in [6.07, 6.45) is 7.92. The third-order valence-electron chi connectivity index (χ3n) is 6.80. The van der Waals surface area contributed by atoms with Gasteiger partial charge in [0, 0.05) is 29.8 Å². The molecule has 0 saturated heterocycles. The molecule has 3 aliphatic carbocycles. The van der Waals surface area contributed by atoms with Gasteiger partial charge in [-0.15, -0.1) is 12.4 Å². The summed E-state index contributed by atoms with van der Waals surface area (Å²) in [4.78, 5) is 8.25. The number of halogens is 2. The maximum absolute atomic E-state index is 14.8. The Kier molecular flexibility index (Phi) is 5.10. The van der Waals surface area contributed by atoms with Crippen LogP contribution in [0.25, 0.3) is 22.3 Å². The Labute approximate surface area is 180 Å². The van der Waals surface area contributed by atoms with E-state index in [1.54, 1.807) is 24.0 Å². The number of nitrogens with zero attached hydrogens (tertiary/aromatic N) is 4. The molecule has 1 aromatic carbocycles. The topological polar surface area (TPSA) is 105 Å². The van der Waals surface area contributed by atoms with E-state index in [4.69, 9.17) is 16.2 Å². The first-order valence-corrected chi connectivity index (χ1v) is 10.0. The summed E-state index contributed by atoms with van der Waals surface area (Å²) in [7, 11) is 1.77. The second-order valence-electron chi connectivity index (χ2n) is 8.73. The van der Waals surface area contributed by atoms with Crippen LogP contribution < -0.4 is 16.2 Å². The van der Waals surface area contributed by atoms with Crippen LogP contribution in [0, 0.1) is 11.2 Å². The maximum atomic E-state index is 14.8. The SMILES string of the molecule is Cl.Cn1nc(-c2ccc(OCC34CCC(N)(CC3)CC4)c(F)c2)c2cnc(N)nc21. The fourth-order valence-corrected chi connectivity index (χ4v) is 4.77. The first-order valence-electron chi connectivity index (χ1n) is 10.0. The largest absolute Gasteiger partial charge is 0.490 e. The average molecular weight is 433 g/mol. The van der Waals surface area contributed by atoms with Gasteiger partial charge in [0.05, 0.1) is 12.0 Å². The number of aryl methyl sites for hydroxylation is 1. The van der Waals surface area contributed by atoms with Crippen LogP contribution in [0.3, 0.4) is 0 Å². The van der Waals surface area contributed by atoms with E-state index in [0.717, 1.165) is 43.9 Å². The molecule has 6 rings (SSSR count). The highest BCUT2D eigenvalue weighted by atomic mass is 35.5. The molecule has 3 fully saturated rings. The molecular weight excluding hydrogens is 407 g/mol. The highest BCUT2D eigenvalue weighted by molar-refractivity contribution is 5.91. The van der Waals surface area contributed by atoms with Crippen LogP contribution in [0.1, 0.15) is 38.5 Å². The van der Waals surface area contributed by atoms with E-state index in [1.165, 1.54) is 6.07 Å². The van der Waals surface area contributed by atoms with Crippen molar-refractivity contribution in [3.63, 3.8) is 0 Å². The van der Waals surface area contributed by atoms with E-state index >= 15 is 0 Å². The number of nitrogen functional groups attached to an aromatic ring is 1. The van der Waals surface area contributed by atoms with E-state index in [9.17, 15) is 4.39 Å². The number of anilines is 1. The van der Waals surface area contributed by atoms with Gasteiger partial charge in [0.15, 0.2) is 17.2 Å². The fraction of sp³-hybridized carbons (Fsp3) is 0.476.